The number of methoxy groups -OCH3 is 1. The Balaban J connectivity index is 2.02. The summed E-state index contributed by atoms with van der Waals surface area (Å²) in [5.74, 6) is 1.68. The molecular weight excluding hydrogens is 304 g/mol. The minimum Gasteiger partial charge on any atom is -0.495 e. The van der Waals surface area contributed by atoms with E-state index in [1.54, 1.807) is 25.4 Å². The van der Waals surface area contributed by atoms with Gasteiger partial charge in [-0.2, -0.15) is 10.1 Å². The molecule has 0 spiro atoms. The molecule has 2 aromatic rings. The van der Waals surface area contributed by atoms with E-state index in [-0.39, 0.29) is 0 Å². The van der Waals surface area contributed by atoms with Gasteiger partial charge in [-0.15, -0.1) is 5.10 Å². The van der Waals surface area contributed by atoms with Gasteiger partial charge < -0.3 is 20.3 Å². The molecule has 0 saturated heterocycles. The van der Waals surface area contributed by atoms with Crippen LogP contribution in [0.3, 0.4) is 0 Å². The zero-order chi connectivity index (χ0) is 15.9. The Bertz CT molecular complexity index is 622. The number of aromatic nitrogens is 3. The minimum atomic E-state index is 0.399. The Kier molecular flexibility index (Phi) is 5.74. The first kappa shape index (κ1) is 16.3. The van der Waals surface area contributed by atoms with Gasteiger partial charge in [-0.25, -0.2) is 0 Å². The first-order valence-corrected chi connectivity index (χ1v) is 7.15. The molecule has 0 unspecified atom stereocenters. The summed E-state index contributed by atoms with van der Waals surface area (Å²) >= 11 is 6.09. The quantitative estimate of drug-likeness (QED) is 0.809. The second kappa shape index (κ2) is 7.77. The highest BCUT2D eigenvalue weighted by Crippen LogP contribution is 2.28. The number of hydrogen-bond donors (Lipinski definition) is 2. The molecule has 2 rings (SSSR count). The van der Waals surface area contributed by atoms with Crippen LogP contribution in [-0.2, 0) is 0 Å². The molecule has 0 bridgehead atoms. The summed E-state index contributed by atoms with van der Waals surface area (Å²) in [4.78, 5) is 6.43. The van der Waals surface area contributed by atoms with Crippen molar-refractivity contribution in [1.82, 2.24) is 20.1 Å². The Morgan fingerprint density at radius 2 is 2.14 bits per heavy atom. The van der Waals surface area contributed by atoms with Crippen molar-refractivity contribution in [2.75, 3.05) is 44.9 Å². The molecule has 0 atom stereocenters. The molecule has 8 heteroatoms. The van der Waals surface area contributed by atoms with Gasteiger partial charge >= 0.3 is 0 Å². The predicted octanol–water partition coefficient (Wildman–Crippen LogP) is 2.25. The average Bonchev–Trinajstić information content (AvgIpc) is 2.47. The summed E-state index contributed by atoms with van der Waals surface area (Å²) < 4.78 is 5.12. The van der Waals surface area contributed by atoms with Crippen molar-refractivity contribution < 1.29 is 4.74 Å². The van der Waals surface area contributed by atoms with Crippen molar-refractivity contribution >= 4 is 29.1 Å². The highest BCUT2D eigenvalue weighted by molar-refractivity contribution is 6.32. The minimum absolute atomic E-state index is 0.399. The number of nitrogens with zero attached hydrogens (tertiary/aromatic N) is 4. The highest BCUT2D eigenvalue weighted by atomic mass is 35.5. The fourth-order valence-electron chi connectivity index (χ4n) is 1.72. The second-order valence-corrected chi connectivity index (χ2v) is 5.28. The lowest BCUT2D eigenvalue weighted by Gasteiger charge is -2.11. The van der Waals surface area contributed by atoms with Gasteiger partial charge in [0.15, 0.2) is 5.82 Å². The van der Waals surface area contributed by atoms with Crippen LogP contribution in [0.4, 0.5) is 17.5 Å². The highest BCUT2D eigenvalue weighted by Gasteiger charge is 2.05. The summed E-state index contributed by atoms with van der Waals surface area (Å²) in [6.07, 6.45) is 1.59. The van der Waals surface area contributed by atoms with Crippen LogP contribution in [0.5, 0.6) is 5.75 Å². The molecule has 1 heterocycles. The van der Waals surface area contributed by atoms with Crippen LogP contribution in [0, 0.1) is 0 Å². The number of anilines is 3. The molecular formula is C14H19ClN6O. The number of likely N-dealkylation sites (N-methyl/N-ethyl adjacent to an activating group) is 1. The number of ether oxygens (including phenoxy) is 1. The van der Waals surface area contributed by atoms with Crippen molar-refractivity contribution in [2.45, 2.75) is 0 Å². The Hall–Kier alpha value is -2.12. The van der Waals surface area contributed by atoms with Crippen LogP contribution < -0.4 is 15.4 Å². The van der Waals surface area contributed by atoms with Crippen LogP contribution in [-0.4, -0.2) is 54.4 Å². The largest absolute Gasteiger partial charge is 0.495 e. The van der Waals surface area contributed by atoms with Gasteiger partial charge in [0.1, 0.15) is 5.75 Å². The predicted molar refractivity (Wildman–Crippen MR) is 88.2 cm³/mol. The van der Waals surface area contributed by atoms with Gasteiger partial charge in [0.25, 0.3) is 0 Å². The SMILES string of the molecule is COc1ccc(Nc2nncc(NCCN(C)C)n2)cc1Cl. The summed E-state index contributed by atoms with van der Waals surface area (Å²) in [5, 5.41) is 14.6. The van der Waals surface area contributed by atoms with Crippen molar-refractivity contribution in [3.05, 3.63) is 29.4 Å². The lowest BCUT2D eigenvalue weighted by molar-refractivity contribution is 0.415. The van der Waals surface area contributed by atoms with Crippen LogP contribution >= 0.6 is 11.6 Å². The summed E-state index contributed by atoms with van der Waals surface area (Å²) in [7, 11) is 5.60. The van der Waals surface area contributed by atoms with Crippen LogP contribution in [0.1, 0.15) is 0 Å². The third-order valence-corrected chi connectivity index (χ3v) is 3.13. The Labute approximate surface area is 134 Å². The van der Waals surface area contributed by atoms with E-state index in [9.17, 15) is 0 Å². The number of halogens is 1. The lowest BCUT2D eigenvalue weighted by Crippen LogP contribution is -2.21. The molecule has 118 valence electrons. The Morgan fingerprint density at radius 3 is 2.82 bits per heavy atom. The van der Waals surface area contributed by atoms with Gasteiger partial charge in [-0.05, 0) is 32.3 Å². The molecule has 0 saturated carbocycles. The average molecular weight is 323 g/mol. The standard InChI is InChI=1S/C14H19ClN6O/c1-21(2)7-6-16-13-9-17-20-14(19-13)18-10-4-5-12(22-3)11(15)8-10/h4-5,8-9H,6-7H2,1-3H3,(H2,16,18,19,20). The maximum atomic E-state index is 6.09. The van der Waals surface area contributed by atoms with Gasteiger partial charge in [0.05, 0.1) is 18.3 Å². The van der Waals surface area contributed by atoms with Gasteiger partial charge in [-0.3, -0.25) is 0 Å². The van der Waals surface area contributed by atoms with Gasteiger partial charge in [0, 0.05) is 18.8 Å². The smallest absolute Gasteiger partial charge is 0.249 e. The van der Waals surface area contributed by atoms with Crippen molar-refractivity contribution in [3.63, 3.8) is 0 Å². The van der Waals surface area contributed by atoms with E-state index in [4.69, 9.17) is 16.3 Å². The van der Waals surface area contributed by atoms with Gasteiger partial charge in [0.2, 0.25) is 5.95 Å². The molecule has 0 aliphatic carbocycles. The number of rotatable bonds is 7. The maximum Gasteiger partial charge on any atom is 0.249 e. The fraction of sp³-hybridized carbons (Fsp3) is 0.357. The Morgan fingerprint density at radius 1 is 1.32 bits per heavy atom. The van der Waals surface area contributed by atoms with Crippen molar-refractivity contribution in [2.24, 2.45) is 0 Å². The summed E-state index contributed by atoms with van der Waals surface area (Å²) in [6.45, 7) is 1.68. The number of benzene rings is 1. The first-order chi connectivity index (χ1) is 10.6. The zero-order valence-electron chi connectivity index (χ0n) is 12.8. The molecule has 7 nitrogen and oxygen atoms in total. The maximum absolute atomic E-state index is 6.09. The molecule has 0 aliphatic rings. The van der Waals surface area contributed by atoms with E-state index in [1.807, 2.05) is 20.2 Å². The number of nitrogens with one attached hydrogen (secondary N) is 2. The van der Waals surface area contributed by atoms with E-state index < -0.39 is 0 Å². The van der Waals surface area contributed by atoms with Crippen LogP contribution in [0.25, 0.3) is 0 Å². The monoisotopic (exact) mass is 322 g/mol. The molecule has 0 amide bonds. The van der Waals surface area contributed by atoms with Crippen LogP contribution in [0.2, 0.25) is 5.02 Å². The van der Waals surface area contributed by atoms with E-state index in [0.29, 0.717) is 22.5 Å². The third-order valence-electron chi connectivity index (χ3n) is 2.83. The van der Waals surface area contributed by atoms with E-state index >= 15 is 0 Å². The fourth-order valence-corrected chi connectivity index (χ4v) is 1.98. The molecule has 2 N–H and O–H groups in total. The summed E-state index contributed by atoms with van der Waals surface area (Å²) in [6, 6.07) is 5.35. The number of hydrogen-bond acceptors (Lipinski definition) is 7. The topological polar surface area (TPSA) is 75.2 Å². The second-order valence-electron chi connectivity index (χ2n) is 4.87. The zero-order valence-corrected chi connectivity index (χ0v) is 13.6. The van der Waals surface area contributed by atoms with Crippen molar-refractivity contribution in [3.8, 4) is 5.75 Å². The molecule has 1 aromatic heterocycles. The first-order valence-electron chi connectivity index (χ1n) is 6.77. The molecule has 0 fully saturated rings. The normalized spacial score (nSPS) is 10.6. The van der Waals surface area contributed by atoms with E-state index in [0.717, 1.165) is 18.8 Å². The van der Waals surface area contributed by atoms with E-state index in [2.05, 4.69) is 30.7 Å². The lowest BCUT2D eigenvalue weighted by atomic mass is 10.3. The van der Waals surface area contributed by atoms with Crippen molar-refractivity contribution in [1.29, 1.82) is 0 Å². The van der Waals surface area contributed by atoms with E-state index in [1.165, 1.54) is 0 Å². The third kappa shape index (κ3) is 4.71. The molecule has 1 aromatic carbocycles. The van der Waals surface area contributed by atoms with Crippen LogP contribution in [0.15, 0.2) is 24.4 Å². The molecule has 22 heavy (non-hydrogen) atoms. The molecule has 0 aliphatic heterocycles. The van der Waals surface area contributed by atoms with Gasteiger partial charge in [-0.1, -0.05) is 11.6 Å². The summed E-state index contributed by atoms with van der Waals surface area (Å²) in [5.41, 5.74) is 0.762. The molecule has 0 radical (unpaired) electrons.